The van der Waals surface area contributed by atoms with Gasteiger partial charge < -0.3 is 9.80 Å². The van der Waals surface area contributed by atoms with E-state index in [2.05, 4.69) is 43.1 Å². The van der Waals surface area contributed by atoms with Crippen LogP contribution in [0.1, 0.15) is 13.8 Å². The zero-order valence-electron chi connectivity index (χ0n) is 9.64. The van der Waals surface area contributed by atoms with E-state index in [0.717, 1.165) is 6.67 Å². The molecule has 0 atom stereocenters. The predicted octanol–water partition coefficient (Wildman–Crippen LogP) is 1.46. The maximum atomic E-state index is 10.7. The lowest BCUT2D eigenvalue weighted by Gasteiger charge is -2.21. The van der Waals surface area contributed by atoms with E-state index < -0.39 is 15.6 Å². The van der Waals surface area contributed by atoms with Crippen LogP contribution in [0.15, 0.2) is 12.4 Å². The second-order valence-electron chi connectivity index (χ2n) is 3.73. The predicted molar refractivity (Wildman–Crippen MR) is 56.3 cm³/mol. The molecule has 0 aromatic heterocycles. The molecular formula is C8H15F3N2O3S. The normalized spacial score (nSPS) is 16.2. The molecule has 9 heteroatoms. The minimum atomic E-state index is -5.84. The fourth-order valence-corrected chi connectivity index (χ4v) is 0.887. The standard InChI is InChI=1S/C7H14N2.CHF3O3S/c1-7(2)9-5-4-8(3)6-9;2-1(3,4)8(5,6)7/h4-5,7H,6H2,1-3H3;(H,5,6,7). The molecule has 0 saturated carbocycles. The largest absolute Gasteiger partial charge is 0.522 e. The van der Waals surface area contributed by atoms with Gasteiger partial charge in [0.05, 0.1) is 6.67 Å². The minimum absolute atomic E-state index is 0.631. The third kappa shape index (κ3) is 5.78. The number of hydrogen-bond acceptors (Lipinski definition) is 4. The molecule has 5 nitrogen and oxygen atoms in total. The Bertz CT molecular complexity index is 365. The molecule has 1 aliphatic rings. The van der Waals surface area contributed by atoms with Crippen LogP contribution in [0.25, 0.3) is 0 Å². The molecule has 0 unspecified atom stereocenters. The summed E-state index contributed by atoms with van der Waals surface area (Å²) in [5, 5.41) is 0. The summed E-state index contributed by atoms with van der Waals surface area (Å²) < 4.78 is 57.5. The van der Waals surface area contributed by atoms with E-state index in [1.165, 1.54) is 0 Å². The van der Waals surface area contributed by atoms with Crippen LogP contribution in [0.5, 0.6) is 0 Å². The first-order valence-electron chi connectivity index (χ1n) is 4.63. The zero-order valence-corrected chi connectivity index (χ0v) is 10.5. The van der Waals surface area contributed by atoms with E-state index >= 15 is 0 Å². The van der Waals surface area contributed by atoms with Gasteiger partial charge in [0.15, 0.2) is 0 Å². The second kappa shape index (κ2) is 5.58. The molecule has 0 spiro atoms. The highest BCUT2D eigenvalue weighted by Gasteiger charge is 2.44. The van der Waals surface area contributed by atoms with Crippen LogP contribution in [0, 0.1) is 0 Å². The summed E-state index contributed by atoms with van der Waals surface area (Å²) >= 11 is 0. The lowest BCUT2D eigenvalue weighted by molar-refractivity contribution is -0.0510. The maximum Gasteiger partial charge on any atom is 0.522 e. The lowest BCUT2D eigenvalue weighted by atomic mass is 10.4. The van der Waals surface area contributed by atoms with Gasteiger partial charge in [0, 0.05) is 25.5 Å². The molecule has 0 bridgehead atoms. The SMILES string of the molecule is CC(C)N1C=CN(C)C1.O=S(=O)(O)C(F)(F)F. The van der Waals surface area contributed by atoms with Crippen LogP contribution in [0.3, 0.4) is 0 Å². The van der Waals surface area contributed by atoms with Crippen LogP contribution >= 0.6 is 0 Å². The average molecular weight is 276 g/mol. The summed E-state index contributed by atoms with van der Waals surface area (Å²) in [4.78, 5) is 4.46. The van der Waals surface area contributed by atoms with Gasteiger partial charge in [0.25, 0.3) is 0 Å². The van der Waals surface area contributed by atoms with Crippen molar-refractivity contribution in [2.24, 2.45) is 0 Å². The van der Waals surface area contributed by atoms with E-state index in [0.29, 0.717) is 6.04 Å². The fourth-order valence-electron chi connectivity index (χ4n) is 0.887. The lowest BCUT2D eigenvalue weighted by Crippen LogP contribution is -2.28. The van der Waals surface area contributed by atoms with E-state index in [1.54, 1.807) is 0 Å². The molecular weight excluding hydrogens is 261 g/mol. The van der Waals surface area contributed by atoms with Gasteiger partial charge in [0.1, 0.15) is 0 Å². The average Bonchev–Trinajstić information content (AvgIpc) is 2.49. The summed E-state index contributed by atoms with van der Waals surface area (Å²) in [6, 6.07) is 0.631. The van der Waals surface area contributed by atoms with Crippen LogP contribution in [-0.4, -0.2) is 48.0 Å². The van der Waals surface area contributed by atoms with Crippen molar-refractivity contribution in [3.05, 3.63) is 12.4 Å². The Balaban J connectivity index is 0.000000304. The van der Waals surface area contributed by atoms with Crippen LogP contribution in [0.2, 0.25) is 0 Å². The summed E-state index contributed by atoms with van der Waals surface area (Å²) in [7, 11) is -3.76. The summed E-state index contributed by atoms with van der Waals surface area (Å²) in [6.07, 6.45) is 4.23. The van der Waals surface area contributed by atoms with E-state index in [4.69, 9.17) is 13.0 Å². The van der Waals surface area contributed by atoms with Gasteiger partial charge in [0.2, 0.25) is 0 Å². The van der Waals surface area contributed by atoms with E-state index in [-0.39, 0.29) is 0 Å². The Hall–Kier alpha value is -0.960. The van der Waals surface area contributed by atoms with Crippen molar-refractivity contribution in [2.75, 3.05) is 13.7 Å². The smallest absolute Gasteiger partial charge is 0.362 e. The topological polar surface area (TPSA) is 60.9 Å². The number of alkyl halides is 3. The van der Waals surface area contributed by atoms with E-state index in [1.807, 2.05) is 0 Å². The zero-order chi connectivity index (χ0) is 13.9. The summed E-state index contributed by atoms with van der Waals surface area (Å²) in [6.45, 7) is 5.44. The number of rotatable bonds is 1. The number of halogens is 3. The first-order chi connectivity index (χ1) is 7.45. The molecule has 0 radical (unpaired) electrons. The van der Waals surface area contributed by atoms with Gasteiger partial charge >= 0.3 is 15.6 Å². The highest BCUT2D eigenvalue weighted by atomic mass is 32.2. The highest BCUT2D eigenvalue weighted by Crippen LogP contribution is 2.20. The van der Waals surface area contributed by atoms with E-state index in [9.17, 15) is 13.2 Å². The first kappa shape index (κ1) is 16.0. The van der Waals surface area contributed by atoms with Crippen LogP contribution in [0.4, 0.5) is 13.2 Å². The van der Waals surface area contributed by atoms with Crippen molar-refractivity contribution in [3.8, 4) is 0 Å². The monoisotopic (exact) mass is 276 g/mol. The Labute approximate surface area is 98.2 Å². The van der Waals surface area contributed by atoms with Gasteiger partial charge in [-0.15, -0.1) is 0 Å². The molecule has 1 aliphatic heterocycles. The van der Waals surface area contributed by atoms with Gasteiger partial charge in [-0.25, -0.2) is 0 Å². The third-order valence-corrected chi connectivity index (χ3v) is 2.44. The third-order valence-electron chi connectivity index (χ3n) is 1.85. The summed E-state index contributed by atoms with van der Waals surface area (Å²) in [5.41, 5.74) is -5.53. The van der Waals surface area contributed by atoms with Crippen LogP contribution in [-0.2, 0) is 10.1 Å². The molecule has 0 fully saturated rings. The van der Waals surface area contributed by atoms with Crippen molar-refractivity contribution in [2.45, 2.75) is 25.4 Å². The highest BCUT2D eigenvalue weighted by molar-refractivity contribution is 7.86. The van der Waals surface area contributed by atoms with Crippen molar-refractivity contribution in [1.82, 2.24) is 9.80 Å². The Morgan fingerprint density at radius 3 is 1.82 bits per heavy atom. The number of nitrogens with zero attached hydrogens (tertiary/aromatic N) is 2. The Morgan fingerprint density at radius 1 is 1.29 bits per heavy atom. The van der Waals surface area contributed by atoms with Crippen molar-refractivity contribution < 1.29 is 26.1 Å². The maximum absolute atomic E-state index is 10.7. The molecule has 1 heterocycles. The quantitative estimate of drug-likeness (QED) is 0.580. The molecule has 0 aromatic rings. The molecule has 0 aliphatic carbocycles. The van der Waals surface area contributed by atoms with Crippen LogP contribution < -0.4 is 0 Å². The first-order valence-corrected chi connectivity index (χ1v) is 6.07. The molecule has 17 heavy (non-hydrogen) atoms. The van der Waals surface area contributed by atoms with Gasteiger partial charge in [-0.2, -0.15) is 21.6 Å². The van der Waals surface area contributed by atoms with Crippen molar-refractivity contribution in [3.63, 3.8) is 0 Å². The molecule has 0 aromatic carbocycles. The fraction of sp³-hybridized carbons (Fsp3) is 0.750. The van der Waals surface area contributed by atoms with Crippen molar-refractivity contribution >= 4 is 10.1 Å². The second-order valence-corrected chi connectivity index (χ2v) is 5.14. The molecule has 102 valence electrons. The number of hydrogen-bond donors (Lipinski definition) is 1. The Kier molecular flexibility index (Phi) is 5.27. The summed E-state index contributed by atoms with van der Waals surface area (Å²) in [5.74, 6) is 0. The molecule has 1 N–H and O–H groups in total. The molecule has 0 amide bonds. The van der Waals surface area contributed by atoms with Gasteiger partial charge in [-0.05, 0) is 13.8 Å². The molecule has 0 saturated heterocycles. The Morgan fingerprint density at radius 2 is 1.71 bits per heavy atom. The minimum Gasteiger partial charge on any atom is -0.362 e. The van der Waals surface area contributed by atoms with Gasteiger partial charge in [-0.1, -0.05) is 0 Å². The van der Waals surface area contributed by atoms with Crippen molar-refractivity contribution in [1.29, 1.82) is 0 Å². The van der Waals surface area contributed by atoms with Gasteiger partial charge in [-0.3, -0.25) is 4.55 Å². The molecule has 1 rings (SSSR count).